The maximum absolute atomic E-state index is 4.61. The molecule has 3 nitrogen and oxygen atoms in total. The summed E-state index contributed by atoms with van der Waals surface area (Å²) in [5.41, 5.74) is 2.32. The first kappa shape index (κ1) is 14.3. The van der Waals surface area contributed by atoms with Crippen LogP contribution in [0.2, 0.25) is 0 Å². The average Bonchev–Trinajstić information content (AvgIpc) is 2.48. The van der Waals surface area contributed by atoms with Crippen molar-refractivity contribution in [3.63, 3.8) is 0 Å². The molecule has 2 unspecified atom stereocenters. The van der Waals surface area contributed by atoms with Crippen molar-refractivity contribution in [2.45, 2.75) is 39.3 Å². The molecule has 2 aromatic rings. The minimum Gasteiger partial charge on any atom is -0.365 e. The number of para-hydroxylation sites is 1. The molecule has 0 amide bonds. The number of fused-ring (bicyclic) bond motifs is 1. The zero-order valence-electron chi connectivity index (χ0n) is 13.2. The lowest BCUT2D eigenvalue weighted by Crippen LogP contribution is -2.56. The first-order valence-corrected chi connectivity index (χ1v) is 7.98. The summed E-state index contributed by atoms with van der Waals surface area (Å²) in [7, 11) is 0. The lowest BCUT2D eigenvalue weighted by atomic mass is 9.99. The molecule has 1 aromatic heterocycles. The summed E-state index contributed by atoms with van der Waals surface area (Å²) in [5.74, 6) is 0.729. The number of hydrogen-bond donors (Lipinski definition) is 1. The van der Waals surface area contributed by atoms with Crippen LogP contribution in [0.5, 0.6) is 0 Å². The van der Waals surface area contributed by atoms with Gasteiger partial charge in [-0.15, -0.1) is 0 Å². The molecule has 0 bridgehead atoms. The zero-order chi connectivity index (χ0) is 14.8. The summed E-state index contributed by atoms with van der Waals surface area (Å²) in [6.07, 6.45) is 3.25. The molecule has 0 aliphatic carbocycles. The van der Waals surface area contributed by atoms with Crippen LogP contribution in [-0.4, -0.2) is 30.2 Å². The predicted molar refractivity (Wildman–Crippen MR) is 89.8 cm³/mol. The fourth-order valence-electron chi connectivity index (χ4n) is 3.23. The Kier molecular flexibility index (Phi) is 4.11. The molecule has 0 saturated carbocycles. The van der Waals surface area contributed by atoms with Crippen LogP contribution >= 0.6 is 0 Å². The highest BCUT2D eigenvalue weighted by molar-refractivity contribution is 5.81. The summed E-state index contributed by atoms with van der Waals surface area (Å²) >= 11 is 0. The SMILES string of the molecule is CC(C)CC1CN(c2cnc3ccccc3c2)C(C)CN1. The van der Waals surface area contributed by atoms with E-state index in [2.05, 4.69) is 60.2 Å². The topological polar surface area (TPSA) is 28.2 Å². The van der Waals surface area contributed by atoms with E-state index >= 15 is 0 Å². The van der Waals surface area contributed by atoms with Crippen LogP contribution in [0.4, 0.5) is 5.69 Å². The van der Waals surface area contributed by atoms with Gasteiger partial charge in [0.25, 0.3) is 0 Å². The van der Waals surface area contributed by atoms with Gasteiger partial charge in [-0.25, -0.2) is 0 Å². The van der Waals surface area contributed by atoms with Gasteiger partial charge in [0.2, 0.25) is 0 Å². The van der Waals surface area contributed by atoms with E-state index < -0.39 is 0 Å². The summed E-state index contributed by atoms with van der Waals surface area (Å²) in [6, 6.07) is 11.7. The fourth-order valence-corrected chi connectivity index (χ4v) is 3.23. The molecule has 1 aliphatic rings. The Balaban J connectivity index is 1.84. The van der Waals surface area contributed by atoms with E-state index in [1.54, 1.807) is 0 Å². The van der Waals surface area contributed by atoms with Gasteiger partial charge < -0.3 is 10.2 Å². The van der Waals surface area contributed by atoms with E-state index in [9.17, 15) is 0 Å². The number of aromatic nitrogens is 1. The Hall–Kier alpha value is -1.61. The van der Waals surface area contributed by atoms with Gasteiger partial charge in [-0.1, -0.05) is 32.0 Å². The van der Waals surface area contributed by atoms with Crippen molar-refractivity contribution in [1.29, 1.82) is 0 Å². The molecule has 1 N–H and O–H groups in total. The van der Waals surface area contributed by atoms with Crippen molar-refractivity contribution in [3.05, 3.63) is 36.5 Å². The van der Waals surface area contributed by atoms with Crippen molar-refractivity contribution in [3.8, 4) is 0 Å². The molecule has 21 heavy (non-hydrogen) atoms. The third-order valence-corrected chi connectivity index (χ3v) is 4.31. The number of benzene rings is 1. The third-order valence-electron chi connectivity index (χ3n) is 4.31. The van der Waals surface area contributed by atoms with Crippen LogP contribution in [0.25, 0.3) is 10.9 Å². The Morgan fingerprint density at radius 3 is 2.95 bits per heavy atom. The number of rotatable bonds is 3. The standard InChI is InChI=1S/C18H25N3/c1-13(2)8-16-12-21(14(3)10-19-16)17-9-15-6-4-5-7-18(15)20-11-17/h4-7,9,11,13-14,16,19H,8,10,12H2,1-3H3. The number of hydrogen-bond acceptors (Lipinski definition) is 3. The Morgan fingerprint density at radius 1 is 1.33 bits per heavy atom. The highest BCUT2D eigenvalue weighted by Crippen LogP contribution is 2.24. The van der Waals surface area contributed by atoms with E-state index in [0.29, 0.717) is 12.1 Å². The maximum Gasteiger partial charge on any atom is 0.0703 e. The van der Waals surface area contributed by atoms with Crippen LogP contribution in [-0.2, 0) is 0 Å². The summed E-state index contributed by atoms with van der Waals surface area (Å²) in [4.78, 5) is 7.12. The highest BCUT2D eigenvalue weighted by atomic mass is 15.2. The minimum atomic E-state index is 0.511. The van der Waals surface area contributed by atoms with E-state index in [4.69, 9.17) is 0 Å². The van der Waals surface area contributed by atoms with Crippen molar-refractivity contribution in [2.24, 2.45) is 5.92 Å². The van der Waals surface area contributed by atoms with Crippen LogP contribution in [0.15, 0.2) is 36.5 Å². The quantitative estimate of drug-likeness (QED) is 0.935. The maximum atomic E-state index is 4.61. The second-order valence-corrected chi connectivity index (χ2v) is 6.62. The molecule has 1 aromatic carbocycles. The summed E-state index contributed by atoms with van der Waals surface area (Å²) < 4.78 is 0. The van der Waals surface area contributed by atoms with Crippen molar-refractivity contribution >= 4 is 16.6 Å². The molecule has 1 saturated heterocycles. The van der Waals surface area contributed by atoms with Gasteiger partial charge in [0.05, 0.1) is 17.4 Å². The molecule has 2 atom stereocenters. The Morgan fingerprint density at radius 2 is 2.14 bits per heavy atom. The van der Waals surface area contributed by atoms with Crippen molar-refractivity contribution < 1.29 is 0 Å². The third kappa shape index (κ3) is 3.18. The Labute approximate surface area is 127 Å². The van der Waals surface area contributed by atoms with Gasteiger partial charge in [-0.3, -0.25) is 4.98 Å². The monoisotopic (exact) mass is 283 g/mol. The first-order valence-electron chi connectivity index (χ1n) is 7.98. The molecule has 112 valence electrons. The molecular formula is C18H25N3. The molecular weight excluding hydrogens is 258 g/mol. The number of nitrogens with zero attached hydrogens (tertiary/aromatic N) is 2. The van der Waals surface area contributed by atoms with Gasteiger partial charge in [-0.2, -0.15) is 0 Å². The number of nitrogens with one attached hydrogen (secondary N) is 1. The van der Waals surface area contributed by atoms with Crippen LogP contribution in [0.1, 0.15) is 27.2 Å². The van der Waals surface area contributed by atoms with Gasteiger partial charge in [0, 0.05) is 30.6 Å². The molecule has 0 spiro atoms. The van der Waals surface area contributed by atoms with Gasteiger partial charge in [0.1, 0.15) is 0 Å². The van der Waals surface area contributed by atoms with Gasteiger partial charge in [0.15, 0.2) is 0 Å². The number of anilines is 1. The van der Waals surface area contributed by atoms with Gasteiger partial charge >= 0.3 is 0 Å². The second kappa shape index (κ2) is 6.02. The molecule has 2 heterocycles. The zero-order valence-corrected chi connectivity index (χ0v) is 13.2. The molecule has 3 rings (SSSR count). The number of piperazine rings is 1. The molecule has 1 fully saturated rings. The average molecular weight is 283 g/mol. The first-order chi connectivity index (χ1) is 10.1. The lowest BCUT2D eigenvalue weighted by molar-refractivity contribution is 0.356. The number of pyridine rings is 1. The summed E-state index contributed by atoms with van der Waals surface area (Å²) in [6.45, 7) is 8.99. The van der Waals surface area contributed by atoms with Crippen molar-refractivity contribution in [2.75, 3.05) is 18.0 Å². The van der Waals surface area contributed by atoms with E-state index in [0.717, 1.165) is 24.5 Å². The van der Waals surface area contributed by atoms with E-state index in [1.165, 1.54) is 17.5 Å². The molecule has 3 heteroatoms. The molecule has 0 radical (unpaired) electrons. The highest BCUT2D eigenvalue weighted by Gasteiger charge is 2.25. The second-order valence-electron chi connectivity index (χ2n) is 6.62. The van der Waals surface area contributed by atoms with Crippen LogP contribution < -0.4 is 10.2 Å². The smallest absolute Gasteiger partial charge is 0.0703 e. The van der Waals surface area contributed by atoms with E-state index in [1.807, 2.05) is 12.3 Å². The predicted octanol–water partition coefficient (Wildman–Crippen LogP) is 3.45. The summed E-state index contributed by atoms with van der Waals surface area (Å²) in [5, 5.41) is 4.90. The molecule has 1 aliphatic heterocycles. The van der Waals surface area contributed by atoms with Crippen molar-refractivity contribution in [1.82, 2.24) is 10.3 Å². The van der Waals surface area contributed by atoms with E-state index in [-0.39, 0.29) is 0 Å². The largest absolute Gasteiger partial charge is 0.365 e. The normalized spacial score (nSPS) is 23.0. The van der Waals surface area contributed by atoms with Gasteiger partial charge in [-0.05, 0) is 31.4 Å². The van der Waals surface area contributed by atoms with Crippen LogP contribution in [0, 0.1) is 5.92 Å². The Bertz CT molecular complexity index is 608. The van der Waals surface area contributed by atoms with Crippen LogP contribution in [0.3, 0.4) is 0 Å². The lowest BCUT2D eigenvalue weighted by Gasteiger charge is -2.41. The minimum absolute atomic E-state index is 0.511. The fraction of sp³-hybridized carbons (Fsp3) is 0.500.